The van der Waals surface area contributed by atoms with E-state index in [1.165, 1.54) is 0 Å². The van der Waals surface area contributed by atoms with Crippen LogP contribution in [-0.2, 0) is 42.9 Å². The first-order valence-electron chi connectivity index (χ1n) is 9.32. The Kier molecular flexibility index (Phi) is 6.47. The summed E-state index contributed by atoms with van der Waals surface area (Å²) in [6, 6.07) is 0. The van der Waals surface area contributed by atoms with E-state index in [1.807, 2.05) is 0 Å². The van der Waals surface area contributed by atoms with E-state index in [-0.39, 0.29) is 0 Å². The summed E-state index contributed by atoms with van der Waals surface area (Å²) in [6.45, 7) is -4.55. The highest BCUT2D eigenvalue weighted by Crippen LogP contribution is 2.18. The van der Waals surface area contributed by atoms with Crippen molar-refractivity contribution in [3.05, 3.63) is 0 Å². The number of hydrogen-bond acceptors (Lipinski definition) is 10. The number of aliphatic hydroxyl groups is 1. The maximum atomic E-state index is 11.6. The molecule has 0 fully saturated rings. The van der Waals surface area contributed by atoms with E-state index in [0.717, 1.165) is 0 Å². The Hall–Kier alpha value is -2.69. The van der Waals surface area contributed by atoms with Crippen molar-refractivity contribution in [2.75, 3.05) is 6.61 Å². The first-order valence-corrected chi connectivity index (χ1v) is 6.49. The molecule has 0 saturated heterocycles. The highest BCUT2D eigenvalue weighted by Gasteiger charge is 2.43. The third-order valence-corrected chi connectivity index (χ3v) is 2.52. The molecule has 0 bridgehead atoms. The molecule has 0 heterocycles. The maximum absolute atomic E-state index is 11.6. The van der Waals surface area contributed by atoms with Gasteiger partial charge in [0.25, 0.3) is 0 Å². The summed E-state index contributed by atoms with van der Waals surface area (Å²) in [6.07, 6.45) is -8.21. The lowest BCUT2D eigenvalue weighted by Gasteiger charge is -2.32. The highest BCUT2D eigenvalue weighted by molar-refractivity contribution is 5.80. The number of amides is 1. The number of rotatable bonds is 9. The Bertz CT molecular complexity index is 605. The molecule has 0 aromatic rings. The third-order valence-electron chi connectivity index (χ3n) is 2.52. The second-order valence-corrected chi connectivity index (χ2v) is 4.47. The van der Waals surface area contributed by atoms with Gasteiger partial charge in [0.1, 0.15) is 6.61 Å². The monoisotopic (exact) mass is 367 g/mol. The van der Waals surface area contributed by atoms with Crippen LogP contribution in [0.5, 0.6) is 0 Å². The lowest BCUT2D eigenvalue weighted by atomic mass is 10.0. The van der Waals surface area contributed by atoms with Crippen LogP contribution in [0.3, 0.4) is 0 Å². The third kappa shape index (κ3) is 8.65. The van der Waals surface area contributed by atoms with E-state index < -0.39 is 88.4 Å². The molecule has 25 heavy (non-hydrogen) atoms. The fourth-order valence-corrected chi connectivity index (χ4v) is 1.67. The molecule has 4 atom stereocenters. The van der Waals surface area contributed by atoms with Crippen LogP contribution in [0.25, 0.3) is 0 Å². The second kappa shape index (κ2) is 10.2. The van der Waals surface area contributed by atoms with Gasteiger partial charge in [-0.15, -0.1) is 0 Å². The molecular formula is C14H21NO10. The van der Waals surface area contributed by atoms with E-state index in [2.05, 4.69) is 4.74 Å². The van der Waals surface area contributed by atoms with Crippen molar-refractivity contribution in [2.24, 2.45) is 5.73 Å². The van der Waals surface area contributed by atoms with Gasteiger partial charge in [-0.2, -0.15) is 0 Å². The predicted octanol–water partition coefficient (Wildman–Crippen LogP) is -1.81. The topological polar surface area (TPSA) is 169 Å². The van der Waals surface area contributed by atoms with E-state index in [0.29, 0.717) is 0 Å². The van der Waals surface area contributed by atoms with E-state index in [4.69, 9.17) is 25.4 Å². The first-order chi connectivity index (χ1) is 13.6. The number of hydrogen-bond donors (Lipinski definition) is 2. The summed E-state index contributed by atoms with van der Waals surface area (Å²) in [5.74, 6) is -6.28. The number of ether oxygens (including phenoxy) is 4. The van der Waals surface area contributed by atoms with E-state index in [9.17, 15) is 29.1 Å². The van der Waals surface area contributed by atoms with Crippen LogP contribution in [-0.4, -0.2) is 65.9 Å². The van der Waals surface area contributed by atoms with Gasteiger partial charge >= 0.3 is 23.9 Å². The Morgan fingerprint density at radius 2 is 1.36 bits per heavy atom. The van der Waals surface area contributed by atoms with Gasteiger partial charge in [-0.3, -0.25) is 24.0 Å². The molecule has 0 aliphatic rings. The quantitative estimate of drug-likeness (QED) is 0.350. The molecule has 0 aliphatic carbocycles. The molecule has 3 N–H and O–H groups in total. The minimum absolute atomic E-state index is 0.822. The Morgan fingerprint density at radius 1 is 0.880 bits per heavy atom. The van der Waals surface area contributed by atoms with Crippen molar-refractivity contribution in [3.63, 3.8) is 0 Å². The van der Waals surface area contributed by atoms with Crippen LogP contribution < -0.4 is 5.73 Å². The zero-order chi connectivity index (χ0) is 22.6. The summed E-state index contributed by atoms with van der Waals surface area (Å²) in [4.78, 5) is 57.3. The first kappa shape index (κ1) is 15.8. The normalized spacial score (nSPS) is 17.2. The summed E-state index contributed by atoms with van der Waals surface area (Å²) >= 11 is 0. The van der Waals surface area contributed by atoms with Gasteiger partial charge in [-0.05, 0) is 0 Å². The summed E-state index contributed by atoms with van der Waals surface area (Å²) in [7, 11) is 0. The number of carbonyl (C=O) groups excluding carboxylic acids is 5. The number of aliphatic hydroxyl groups excluding tert-OH is 1. The number of nitrogens with two attached hydrogens (primary N) is 1. The summed E-state index contributed by atoms with van der Waals surface area (Å²) in [5.41, 5.74) is 4.97. The van der Waals surface area contributed by atoms with Crippen molar-refractivity contribution in [1.82, 2.24) is 0 Å². The van der Waals surface area contributed by atoms with Gasteiger partial charge in [0.05, 0.1) is 0 Å². The molecule has 0 aromatic carbocycles. The molecule has 0 saturated carbocycles. The van der Waals surface area contributed by atoms with Crippen molar-refractivity contribution in [3.8, 4) is 0 Å². The molecule has 11 heteroatoms. The SMILES string of the molecule is [2H]CC(=O)OC[C@@H](OC(=O)C[2H])[C@@H](OC(=O)C[2H])[C@H](OC(=O)C[2H])[C@@H](O)C(N)=O. The second-order valence-electron chi connectivity index (χ2n) is 4.47. The lowest BCUT2D eigenvalue weighted by Crippen LogP contribution is -2.55. The predicted molar refractivity (Wildman–Crippen MR) is 78.5 cm³/mol. The summed E-state index contributed by atoms with van der Waals surface area (Å²) < 4.78 is 46.9. The standard InChI is InChI=1S/C14H21NO10/c1-6(16)22-5-10(23-7(2)17)12(24-8(3)18)13(25-9(4)19)11(20)14(15)21/h10-13,20H,5H2,1-4H3,(H2,15,21)/t10-,11-,12-,13-/m1/s1/i1D,2D,3D,4D. The highest BCUT2D eigenvalue weighted by atomic mass is 16.6. The average Bonchev–Trinajstić information content (AvgIpc) is 2.71. The smallest absolute Gasteiger partial charge is 0.303 e. The number of primary amides is 1. The fourth-order valence-electron chi connectivity index (χ4n) is 1.67. The lowest BCUT2D eigenvalue weighted by molar-refractivity contribution is -0.198. The fraction of sp³-hybridized carbons (Fsp3) is 0.643. The van der Waals surface area contributed by atoms with Crippen molar-refractivity contribution >= 4 is 29.8 Å². The van der Waals surface area contributed by atoms with Gasteiger partial charge in [0.15, 0.2) is 24.4 Å². The molecule has 0 aliphatic heterocycles. The van der Waals surface area contributed by atoms with Gasteiger partial charge < -0.3 is 29.8 Å². The Labute approximate surface area is 148 Å². The maximum Gasteiger partial charge on any atom is 0.303 e. The van der Waals surface area contributed by atoms with Crippen LogP contribution in [0.15, 0.2) is 0 Å². The van der Waals surface area contributed by atoms with Crippen molar-refractivity contribution < 1.29 is 53.5 Å². The van der Waals surface area contributed by atoms with Crippen LogP contribution in [0.1, 0.15) is 33.1 Å². The molecule has 0 unspecified atom stereocenters. The Balaban J connectivity index is 6.06. The van der Waals surface area contributed by atoms with Gasteiger partial charge in [-0.25, -0.2) is 0 Å². The Morgan fingerprint density at radius 3 is 1.84 bits per heavy atom. The zero-order valence-electron chi connectivity index (χ0n) is 17.0. The molecule has 11 nitrogen and oxygen atoms in total. The molecule has 1 amide bonds. The molecule has 0 radical (unpaired) electrons. The van der Waals surface area contributed by atoms with Gasteiger partial charge in [0.2, 0.25) is 5.91 Å². The minimum Gasteiger partial charge on any atom is -0.462 e. The molecular weight excluding hydrogens is 342 g/mol. The summed E-state index contributed by atoms with van der Waals surface area (Å²) in [5, 5.41) is 9.98. The van der Waals surface area contributed by atoms with Gasteiger partial charge in [0, 0.05) is 33.1 Å². The largest absolute Gasteiger partial charge is 0.462 e. The average molecular weight is 367 g/mol. The van der Waals surface area contributed by atoms with Crippen molar-refractivity contribution in [1.29, 1.82) is 0 Å². The van der Waals surface area contributed by atoms with Crippen LogP contribution in [0, 0.1) is 0 Å². The van der Waals surface area contributed by atoms with Crippen LogP contribution >= 0.6 is 0 Å². The van der Waals surface area contributed by atoms with Crippen molar-refractivity contribution in [2.45, 2.75) is 52.0 Å². The number of esters is 4. The molecule has 142 valence electrons. The molecule has 0 aromatic heterocycles. The number of carbonyl (C=O) groups is 5. The van der Waals surface area contributed by atoms with E-state index in [1.54, 1.807) is 0 Å². The minimum atomic E-state index is -2.31. The van der Waals surface area contributed by atoms with E-state index >= 15 is 0 Å². The van der Waals surface area contributed by atoms with Crippen LogP contribution in [0.4, 0.5) is 0 Å². The van der Waals surface area contributed by atoms with Crippen LogP contribution in [0.2, 0.25) is 0 Å². The zero-order valence-corrected chi connectivity index (χ0v) is 13.0. The van der Waals surface area contributed by atoms with Gasteiger partial charge in [-0.1, -0.05) is 0 Å². The molecule has 0 rings (SSSR count). The molecule has 0 spiro atoms.